The molecule has 1 aliphatic rings. The Hall–Kier alpha value is -6.24. The van der Waals surface area contributed by atoms with Crippen LogP contribution < -0.4 is 0 Å². The van der Waals surface area contributed by atoms with E-state index in [1.54, 1.807) is 24.3 Å². The largest absolute Gasteiger partial charge is 0.354 e. The number of halogens is 8. The van der Waals surface area contributed by atoms with E-state index in [1.807, 2.05) is 0 Å². The zero-order chi connectivity index (χ0) is 34.1. The Morgan fingerprint density at radius 1 is 0.429 bits per heavy atom. The van der Waals surface area contributed by atoms with Gasteiger partial charge in [-0.2, -0.15) is 0 Å². The van der Waals surface area contributed by atoms with Crippen molar-refractivity contribution in [2.75, 3.05) is 0 Å². The number of hydrogen-bond acceptors (Lipinski definition) is 2. The Bertz CT molecular complexity index is 2600. The minimum Gasteiger partial charge on any atom is -0.354 e. The van der Waals surface area contributed by atoms with Gasteiger partial charge in [-0.3, -0.25) is 4.98 Å². The number of pyridine rings is 1. The number of nitrogens with zero attached hydrogens (tertiary/aromatic N) is 2. The molecule has 49 heavy (non-hydrogen) atoms. The molecule has 0 saturated carbocycles. The average molecular weight is 672 g/mol. The summed E-state index contributed by atoms with van der Waals surface area (Å²) in [4.78, 5) is 17.8. The van der Waals surface area contributed by atoms with Crippen LogP contribution in [0.5, 0.6) is 0 Å². The molecule has 6 heterocycles. The van der Waals surface area contributed by atoms with Crippen molar-refractivity contribution in [1.82, 2.24) is 24.9 Å². The number of aromatic nitrogens is 5. The van der Waals surface area contributed by atoms with Crippen molar-refractivity contribution < 1.29 is 35.1 Å². The minimum absolute atomic E-state index is 0.0172. The lowest BCUT2D eigenvalue weighted by molar-refractivity contribution is 0.458. The number of fused-ring (bicyclic) bond motifs is 9. The highest BCUT2D eigenvalue weighted by molar-refractivity contribution is 6.00. The minimum atomic E-state index is -1.65. The van der Waals surface area contributed by atoms with E-state index in [1.165, 1.54) is 48.8 Å². The molecule has 0 aliphatic carbocycles. The predicted molar refractivity (Wildman–Crippen MR) is 169 cm³/mol. The maximum atomic E-state index is 15.4. The van der Waals surface area contributed by atoms with Crippen LogP contribution in [0, 0.1) is 46.5 Å². The normalized spacial score (nSPS) is 12.0. The molecule has 0 spiro atoms. The lowest BCUT2D eigenvalue weighted by Gasteiger charge is -2.09. The number of H-pyrrole nitrogens is 3. The third kappa shape index (κ3) is 4.76. The first-order valence-electron chi connectivity index (χ1n) is 14.5. The molecule has 0 fully saturated rings. The van der Waals surface area contributed by atoms with Crippen LogP contribution in [0.2, 0.25) is 0 Å². The third-order valence-corrected chi connectivity index (χ3v) is 8.25. The molecule has 0 unspecified atom stereocenters. The van der Waals surface area contributed by atoms with Gasteiger partial charge in [-0.25, -0.2) is 40.1 Å². The second-order valence-corrected chi connectivity index (χ2v) is 11.1. The predicted octanol–water partition coefficient (Wildman–Crippen LogP) is 10.2. The average Bonchev–Trinajstić information content (AvgIpc) is 3.92. The van der Waals surface area contributed by atoms with Gasteiger partial charge in [-0.1, -0.05) is 6.07 Å². The molecule has 7 aromatic rings. The first kappa shape index (κ1) is 30.1. The number of nitrogens with one attached hydrogen (secondary N) is 3. The fourth-order valence-corrected chi connectivity index (χ4v) is 6.08. The quantitative estimate of drug-likeness (QED) is 0.129. The van der Waals surface area contributed by atoms with E-state index in [0.29, 0.717) is 22.2 Å². The Kier molecular flexibility index (Phi) is 6.87. The second-order valence-electron chi connectivity index (χ2n) is 11.1. The molecular formula is C36H17F8N5. The van der Waals surface area contributed by atoms with E-state index >= 15 is 17.6 Å². The van der Waals surface area contributed by atoms with Gasteiger partial charge in [0.15, 0.2) is 46.5 Å². The highest BCUT2D eigenvalue weighted by Gasteiger charge is 2.26. The summed E-state index contributed by atoms with van der Waals surface area (Å²) in [5, 5.41) is 0. The van der Waals surface area contributed by atoms with Crippen LogP contribution in [0.4, 0.5) is 35.1 Å². The Labute approximate surface area is 269 Å². The molecule has 5 nitrogen and oxygen atoms in total. The molecular weight excluding hydrogens is 654 g/mol. The van der Waals surface area contributed by atoms with Crippen molar-refractivity contribution in [2.45, 2.75) is 0 Å². The SMILES string of the molecule is Fc1cc(F)c(F)c(-c2c3nc(c4ccc([nH]4)c(-c4c(F)c(F)cc(F)c4F)c4ccc([nH]4)c(-c4cccnc4)c4ccc2[nH]4)C=C3)c1F. The molecule has 0 radical (unpaired) electrons. The Morgan fingerprint density at radius 2 is 0.857 bits per heavy atom. The summed E-state index contributed by atoms with van der Waals surface area (Å²) in [7, 11) is 0. The van der Waals surface area contributed by atoms with Crippen molar-refractivity contribution in [3.63, 3.8) is 0 Å². The van der Waals surface area contributed by atoms with E-state index in [2.05, 4.69) is 24.9 Å². The lowest BCUT2D eigenvalue weighted by Crippen LogP contribution is -2.00. The van der Waals surface area contributed by atoms with E-state index in [0.717, 1.165) is 0 Å². The molecule has 0 atom stereocenters. The molecule has 8 rings (SSSR count). The summed E-state index contributed by atoms with van der Waals surface area (Å²) < 4.78 is 120. The molecule has 1 aliphatic heterocycles. The third-order valence-electron chi connectivity index (χ3n) is 8.25. The molecule has 5 aromatic heterocycles. The standard InChI is InChI=1S/C36H17F8N5/c37-16-12-17(38)34(42)31(33(16)41)29-24-5-3-20(46-24)21-4-6-25(47-21)30(32-35(43)18(39)13-19(40)36(32)44)27-10-8-23(49-27)28(15-2-1-11-45-14-15)22-7-9-26(29)48-22/h1-14,46,48-49H. The first-order valence-corrected chi connectivity index (χ1v) is 14.5. The Morgan fingerprint density at radius 3 is 1.37 bits per heavy atom. The van der Waals surface area contributed by atoms with E-state index in [4.69, 9.17) is 0 Å². The van der Waals surface area contributed by atoms with Gasteiger partial charge in [-0.15, -0.1) is 0 Å². The number of rotatable bonds is 3. The molecule has 13 heteroatoms. The summed E-state index contributed by atoms with van der Waals surface area (Å²) in [5.74, 6) is -13.0. The maximum Gasteiger partial charge on any atom is 0.169 e. The van der Waals surface area contributed by atoms with E-state index < -0.39 is 57.7 Å². The van der Waals surface area contributed by atoms with Crippen LogP contribution >= 0.6 is 0 Å². The zero-order valence-corrected chi connectivity index (χ0v) is 24.5. The fourth-order valence-electron chi connectivity index (χ4n) is 6.08. The van der Waals surface area contributed by atoms with E-state index in [9.17, 15) is 17.6 Å². The second kappa shape index (κ2) is 11.2. The number of benzene rings is 2. The fraction of sp³-hybridized carbons (Fsp3) is 0. The highest BCUT2D eigenvalue weighted by Crippen LogP contribution is 2.39. The van der Waals surface area contributed by atoms with Crippen LogP contribution in [-0.4, -0.2) is 24.9 Å². The number of hydrogen-bond donors (Lipinski definition) is 3. The van der Waals surface area contributed by atoms with Crippen molar-refractivity contribution in [1.29, 1.82) is 0 Å². The number of aromatic amines is 3. The van der Waals surface area contributed by atoms with E-state index in [-0.39, 0.29) is 56.7 Å². The Balaban J connectivity index is 1.60. The van der Waals surface area contributed by atoms with Gasteiger partial charge in [-0.05, 0) is 54.6 Å². The van der Waals surface area contributed by atoms with Crippen molar-refractivity contribution in [3.05, 3.63) is 131 Å². The van der Waals surface area contributed by atoms with Gasteiger partial charge in [0.25, 0.3) is 0 Å². The summed E-state index contributed by atoms with van der Waals surface area (Å²) in [6.07, 6.45) is 5.83. The van der Waals surface area contributed by atoms with Gasteiger partial charge < -0.3 is 15.0 Å². The van der Waals surface area contributed by atoms with Crippen molar-refractivity contribution >= 4 is 45.3 Å². The lowest BCUT2D eigenvalue weighted by atomic mass is 10.0. The molecule has 0 saturated heterocycles. The molecule has 2 aromatic carbocycles. The summed E-state index contributed by atoms with van der Waals surface area (Å²) in [6, 6.07) is 12.4. The van der Waals surface area contributed by atoms with Crippen molar-refractivity contribution in [2.24, 2.45) is 0 Å². The van der Waals surface area contributed by atoms with Gasteiger partial charge in [0.1, 0.15) is 0 Å². The van der Waals surface area contributed by atoms with Crippen molar-refractivity contribution in [3.8, 4) is 33.4 Å². The molecule has 0 amide bonds. The zero-order valence-electron chi connectivity index (χ0n) is 24.5. The van der Waals surface area contributed by atoms with Gasteiger partial charge >= 0.3 is 0 Å². The first-order chi connectivity index (χ1) is 23.6. The molecule has 8 bridgehead atoms. The molecule has 3 N–H and O–H groups in total. The smallest absolute Gasteiger partial charge is 0.169 e. The summed E-state index contributed by atoms with van der Waals surface area (Å²) in [6.45, 7) is 0. The van der Waals surface area contributed by atoms with Gasteiger partial charge in [0.05, 0.1) is 28.0 Å². The topological polar surface area (TPSA) is 73.2 Å². The van der Waals surface area contributed by atoms with Crippen LogP contribution in [0.1, 0.15) is 11.4 Å². The maximum absolute atomic E-state index is 15.4. The highest BCUT2D eigenvalue weighted by atomic mass is 19.2. The molecule has 242 valence electrons. The van der Waals surface area contributed by atoms with Gasteiger partial charge in [0, 0.05) is 74.4 Å². The van der Waals surface area contributed by atoms with Crippen LogP contribution in [-0.2, 0) is 0 Å². The summed E-state index contributed by atoms with van der Waals surface area (Å²) >= 11 is 0. The van der Waals surface area contributed by atoms with Crippen LogP contribution in [0.25, 0.3) is 78.6 Å². The summed E-state index contributed by atoms with van der Waals surface area (Å²) in [5.41, 5.74) is -0.670. The van der Waals surface area contributed by atoms with Gasteiger partial charge in [0.2, 0.25) is 0 Å². The van der Waals surface area contributed by atoms with Crippen LogP contribution in [0.15, 0.2) is 73.1 Å². The monoisotopic (exact) mass is 671 g/mol. The van der Waals surface area contributed by atoms with Crippen LogP contribution in [0.3, 0.4) is 0 Å².